The molecule has 3 rings (SSSR count). The quantitative estimate of drug-likeness (QED) is 0.837. The van der Waals surface area contributed by atoms with Crippen molar-refractivity contribution in [3.8, 4) is 0 Å². The summed E-state index contributed by atoms with van der Waals surface area (Å²) in [5.74, 6) is 0. The zero-order valence-electron chi connectivity index (χ0n) is 14.3. The largest absolute Gasteiger partial charge is 0.390 e. The van der Waals surface area contributed by atoms with Gasteiger partial charge in [-0.1, -0.05) is 35.9 Å². The molecule has 5 nitrogen and oxygen atoms in total. The van der Waals surface area contributed by atoms with Crippen molar-refractivity contribution < 1.29 is 5.11 Å². The molecule has 1 aromatic carbocycles. The Bertz CT molecular complexity index is 700. The molecule has 0 bridgehead atoms. The summed E-state index contributed by atoms with van der Waals surface area (Å²) in [6, 6.07) is 8.56. The van der Waals surface area contributed by atoms with Gasteiger partial charge in [-0.15, -0.1) is 0 Å². The summed E-state index contributed by atoms with van der Waals surface area (Å²) in [5.41, 5.74) is 4.74. The number of aryl methyl sites for hydroxylation is 2. The van der Waals surface area contributed by atoms with Crippen LogP contribution in [-0.4, -0.2) is 45.5 Å². The van der Waals surface area contributed by atoms with Crippen LogP contribution in [0.3, 0.4) is 0 Å². The van der Waals surface area contributed by atoms with Crippen molar-refractivity contribution in [2.75, 3.05) is 19.6 Å². The molecule has 1 unspecified atom stereocenters. The van der Waals surface area contributed by atoms with E-state index in [0.717, 1.165) is 30.8 Å². The number of fused-ring (bicyclic) bond motifs is 1. The van der Waals surface area contributed by atoms with Crippen molar-refractivity contribution in [1.82, 2.24) is 20.0 Å². The van der Waals surface area contributed by atoms with Gasteiger partial charge >= 0.3 is 0 Å². The SMILES string of the molecule is Cc1nn(C)c(Cl)c1CNCC(O)CN1CCc2ccccc2C1. The van der Waals surface area contributed by atoms with Gasteiger partial charge in [0, 0.05) is 45.3 Å². The average Bonchev–Trinajstić information content (AvgIpc) is 2.81. The number of nitrogens with one attached hydrogen (secondary N) is 1. The van der Waals surface area contributed by atoms with Gasteiger partial charge in [-0.3, -0.25) is 9.58 Å². The molecule has 0 amide bonds. The average molecular weight is 349 g/mol. The number of rotatable bonds is 6. The number of hydrogen-bond acceptors (Lipinski definition) is 4. The van der Waals surface area contributed by atoms with Gasteiger partial charge in [0.15, 0.2) is 0 Å². The predicted molar refractivity (Wildman–Crippen MR) is 96.1 cm³/mol. The van der Waals surface area contributed by atoms with Gasteiger partial charge in [0.1, 0.15) is 5.15 Å². The van der Waals surface area contributed by atoms with Crippen molar-refractivity contribution in [1.29, 1.82) is 0 Å². The molecule has 1 aromatic heterocycles. The monoisotopic (exact) mass is 348 g/mol. The Morgan fingerprint density at radius 1 is 1.33 bits per heavy atom. The zero-order chi connectivity index (χ0) is 17.1. The molecule has 0 radical (unpaired) electrons. The van der Waals surface area contributed by atoms with E-state index in [1.54, 1.807) is 4.68 Å². The molecule has 130 valence electrons. The minimum absolute atomic E-state index is 0.397. The number of aliphatic hydroxyl groups excluding tert-OH is 1. The fourth-order valence-corrected chi connectivity index (χ4v) is 3.55. The van der Waals surface area contributed by atoms with Crippen LogP contribution in [0.5, 0.6) is 0 Å². The third kappa shape index (κ3) is 3.98. The first kappa shape index (κ1) is 17.4. The van der Waals surface area contributed by atoms with Crippen molar-refractivity contribution in [3.05, 3.63) is 51.8 Å². The van der Waals surface area contributed by atoms with Crippen LogP contribution in [0, 0.1) is 6.92 Å². The summed E-state index contributed by atoms with van der Waals surface area (Å²) in [6.07, 6.45) is 0.659. The Labute approximate surface area is 148 Å². The topological polar surface area (TPSA) is 53.3 Å². The Hall–Kier alpha value is -1.40. The van der Waals surface area contributed by atoms with Crippen LogP contribution in [0.25, 0.3) is 0 Å². The normalized spacial score (nSPS) is 16.2. The number of halogens is 1. The van der Waals surface area contributed by atoms with E-state index >= 15 is 0 Å². The fraction of sp³-hybridized carbons (Fsp3) is 0.500. The van der Waals surface area contributed by atoms with E-state index in [-0.39, 0.29) is 0 Å². The molecule has 2 N–H and O–H groups in total. The molecular formula is C18H25ClN4O. The molecule has 0 fully saturated rings. The lowest BCUT2D eigenvalue weighted by Gasteiger charge is -2.30. The maximum absolute atomic E-state index is 10.3. The second-order valence-electron chi connectivity index (χ2n) is 6.52. The Morgan fingerprint density at radius 2 is 2.08 bits per heavy atom. The van der Waals surface area contributed by atoms with E-state index in [0.29, 0.717) is 24.8 Å². The van der Waals surface area contributed by atoms with Crippen LogP contribution in [-0.2, 0) is 26.6 Å². The lowest BCUT2D eigenvalue weighted by molar-refractivity contribution is 0.104. The van der Waals surface area contributed by atoms with Gasteiger partial charge in [-0.25, -0.2) is 0 Å². The first-order valence-corrected chi connectivity index (χ1v) is 8.78. The van der Waals surface area contributed by atoms with E-state index < -0.39 is 6.10 Å². The molecule has 0 saturated heterocycles. The van der Waals surface area contributed by atoms with Gasteiger partial charge < -0.3 is 10.4 Å². The molecule has 0 saturated carbocycles. The molecule has 1 atom stereocenters. The molecule has 2 heterocycles. The smallest absolute Gasteiger partial charge is 0.131 e. The third-order valence-electron chi connectivity index (χ3n) is 4.63. The van der Waals surface area contributed by atoms with E-state index in [4.69, 9.17) is 11.6 Å². The van der Waals surface area contributed by atoms with Crippen LogP contribution >= 0.6 is 11.6 Å². The molecule has 0 spiro atoms. The van der Waals surface area contributed by atoms with Crippen LogP contribution in [0.4, 0.5) is 0 Å². The van der Waals surface area contributed by atoms with Crippen molar-refractivity contribution in [2.24, 2.45) is 7.05 Å². The molecule has 1 aliphatic rings. The number of nitrogens with zero attached hydrogens (tertiary/aromatic N) is 3. The maximum atomic E-state index is 10.3. The standard InChI is InChI=1S/C18H25ClN4O/c1-13-17(18(19)22(2)21-13)10-20-9-16(24)12-23-8-7-14-5-3-4-6-15(14)11-23/h3-6,16,20,24H,7-12H2,1-2H3. The summed E-state index contributed by atoms with van der Waals surface area (Å²) in [4.78, 5) is 2.32. The van der Waals surface area contributed by atoms with Gasteiger partial charge in [0.25, 0.3) is 0 Å². The Morgan fingerprint density at radius 3 is 2.79 bits per heavy atom. The van der Waals surface area contributed by atoms with Crippen LogP contribution in [0.15, 0.2) is 24.3 Å². The molecule has 1 aliphatic heterocycles. The Balaban J connectivity index is 1.46. The van der Waals surface area contributed by atoms with Gasteiger partial charge in [0.05, 0.1) is 11.8 Å². The van der Waals surface area contributed by atoms with Gasteiger partial charge in [0.2, 0.25) is 0 Å². The molecule has 0 aliphatic carbocycles. The Kier molecular flexibility index (Phi) is 5.56. The minimum Gasteiger partial charge on any atom is -0.390 e. The minimum atomic E-state index is -0.397. The van der Waals surface area contributed by atoms with E-state index in [9.17, 15) is 5.11 Å². The van der Waals surface area contributed by atoms with E-state index in [1.165, 1.54) is 11.1 Å². The number of aliphatic hydroxyl groups is 1. The first-order chi connectivity index (χ1) is 11.5. The summed E-state index contributed by atoms with van der Waals surface area (Å²) in [7, 11) is 1.84. The summed E-state index contributed by atoms with van der Waals surface area (Å²) in [5, 5.41) is 18.6. The number of β-amino-alcohol motifs (C(OH)–C–C–N with tert-alkyl or cyclic N) is 1. The summed E-state index contributed by atoms with van der Waals surface area (Å²) < 4.78 is 1.68. The summed E-state index contributed by atoms with van der Waals surface area (Å²) >= 11 is 6.22. The van der Waals surface area contributed by atoms with Gasteiger partial charge in [-0.2, -0.15) is 5.10 Å². The highest BCUT2D eigenvalue weighted by molar-refractivity contribution is 6.30. The molecule has 6 heteroatoms. The van der Waals surface area contributed by atoms with Gasteiger partial charge in [-0.05, 0) is 24.5 Å². The summed E-state index contributed by atoms with van der Waals surface area (Å²) in [6.45, 7) is 5.72. The number of hydrogen-bond donors (Lipinski definition) is 2. The van der Waals surface area contributed by atoms with Crippen LogP contribution in [0.2, 0.25) is 5.15 Å². The van der Waals surface area contributed by atoms with E-state index in [2.05, 4.69) is 39.6 Å². The highest BCUT2D eigenvalue weighted by Gasteiger charge is 2.18. The molecule has 2 aromatic rings. The van der Waals surface area contributed by atoms with Crippen molar-refractivity contribution in [3.63, 3.8) is 0 Å². The number of benzene rings is 1. The first-order valence-electron chi connectivity index (χ1n) is 8.40. The van der Waals surface area contributed by atoms with Crippen LogP contribution in [0.1, 0.15) is 22.4 Å². The second kappa shape index (κ2) is 7.66. The third-order valence-corrected chi connectivity index (χ3v) is 5.10. The van der Waals surface area contributed by atoms with E-state index in [1.807, 2.05) is 14.0 Å². The maximum Gasteiger partial charge on any atom is 0.131 e. The molecule has 24 heavy (non-hydrogen) atoms. The lowest BCUT2D eigenvalue weighted by atomic mass is 10.00. The second-order valence-corrected chi connectivity index (χ2v) is 6.87. The zero-order valence-corrected chi connectivity index (χ0v) is 15.1. The fourth-order valence-electron chi connectivity index (χ4n) is 3.31. The highest BCUT2D eigenvalue weighted by Crippen LogP contribution is 2.19. The van der Waals surface area contributed by atoms with Crippen molar-refractivity contribution >= 4 is 11.6 Å². The number of aromatic nitrogens is 2. The van der Waals surface area contributed by atoms with Crippen LogP contribution < -0.4 is 5.32 Å². The highest BCUT2D eigenvalue weighted by atomic mass is 35.5. The molecular weight excluding hydrogens is 324 g/mol. The van der Waals surface area contributed by atoms with Crippen molar-refractivity contribution in [2.45, 2.75) is 32.5 Å². The predicted octanol–water partition coefficient (Wildman–Crippen LogP) is 1.89. The lowest BCUT2D eigenvalue weighted by Crippen LogP contribution is -2.40.